The van der Waals surface area contributed by atoms with Gasteiger partial charge in [-0.2, -0.15) is 0 Å². The summed E-state index contributed by atoms with van der Waals surface area (Å²) in [5, 5.41) is 0.553. The minimum absolute atomic E-state index is 0.139. The van der Waals surface area contributed by atoms with Crippen LogP contribution >= 0.6 is 27.7 Å². The zero-order valence-electron chi connectivity index (χ0n) is 15.0. The summed E-state index contributed by atoms with van der Waals surface area (Å²) in [5.41, 5.74) is 6.96. The van der Waals surface area contributed by atoms with Crippen LogP contribution in [0.2, 0.25) is 0 Å². The van der Waals surface area contributed by atoms with Gasteiger partial charge < -0.3 is 0 Å². The van der Waals surface area contributed by atoms with Crippen molar-refractivity contribution in [3.05, 3.63) is 62.9 Å². The highest BCUT2D eigenvalue weighted by Gasteiger charge is 2.11. The van der Waals surface area contributed by atoms with Gasteiger partial charge in [-0.15, -0.1) is 11.8 Å². The molecule has 8 heteroatoms. The Hall–Kier alpha value is -2.32. The molecule has 0 saturated carbocycles. The SMILES string of the molecule is CCn1c(NNC(=O)CSc2ccc(Br)cc2C)nc2ccccc2c1=O. The van der Waals surface area contributed by atoms with Crippen LogP contribution in [-0.4, -0.2) is 21.2 Å². The second-order valence-electron chi connectivity index (χ2n) is 5.87. The summed E-state index contributed by atoms with van der Waals surface area (Å²) < 4.78 is 2.50. The van der Waals surface area contributed by atoms with Gasteiger partial charge in [0, 0.05) is 15.9 Å². The number of para-hydroxylation sites is 1. The first-order valence-electron chi connectivity index (χ1n) is 8.43. The summed E-state index contributed by atoms with van der Waals surface area (Å²) >= 11 is 4.88. The van der Waals surface area contributed by atoms with Gasteiger partial charge in [-0.05, 0) is 49.7 Å². The van der Waals surface area contributed by atoms with E-state index in [9.17, 15) is 9.59 Å². The van der Waals surface area contributed by atoms with E-state index in [0.29, 0.717) is 23.4 Å². The third kappa shape index (κ3) is 4.51. The molecule has 6 nitrogen and oxygen atoms in total. The zero-order chi connectivity index (χ0) is 19.4. The molecule has 0 saturated heterocycles. The number of rotatable bonds is 6. The van der Waals surface area contributed by atoms with E-state index in [4.69, 9.17) is 0 Å². The average molecular weight is 447 g/mol. The molecule has 0 atom stereocenters. The fourth-order valence-electron chi connectivity index (χ4n) is 2.64. The van der Waals surface area contributed by atoms with Crippen molar-refractivity contribution in [3.63, 3.8) is 0 Å². The van der Waals surface area contributed by atoms with Gasteiger partial charge in [-0.25, -0.2) is 4.98 Å². The minimum atomic E-state index is -0.202. The number of aromatic nitrogens is 2. The standard InChI is InChI=1S/C19H19BrN4O2S/c1-3-24-18(26)14-6-4-5-7-15(14)21-19(24)23-22-17(25)11-27-16-9-8-13(20)10-12(16)2/h4-10H,3,11H2,1-2H3,(H,21,23)(H,22,25). The molecule has 0 aliphatic carbocycles. The van der Waals surface area contributed by atoms with Crippen LogP contribution < -0.4 is 16.4 Å². The molecule has 27 heavy (non-hydrogen) atoms. The quantitative estimate of drug-likeness (QED) is 0.445. The molecule has 1 aromatic heterocycles. The molecule has 3 aromatic rings. The van der Waals surface area contributed by atoms with E-state index < -0.39 is 0 Å². The smallest absolute Gasteiger partial charge is 0.262 e. The zero-order valence-corrected chi connectivity index (χ0v) is 17.4. The highest BCUT2D eigenvalue weighted by Crippen LogP contribution is 2.25. The van der Waals surface area contributed by atoms with Crippen molar-refractivity contribution in [2.75, 3.05) is 11.2 Å². The maximum absolute atomic E-state index is 12.6. The summed E-state index contributed by atoms with van der Waals surface area (Å²) in [7, 11) is 0. The van der Waals surface area contributed by atoms with Crippen LogP contribution in [0.3, 0.4) is 0 Å². The number of carbonyl (C=O) groups is 1. The second kappa shape index (κ2) is 8.58. The van der Waals surface area contributed by atoms with Crippen molar-refractivity contribution in [1.82, 2.24) is 15.0 Å². The van der Waals surface area contributed by atoms with Crippen LogP contribution in [-0.2, 0) is 11.3 Å². The molecule has 0 spiro atoms. The minimum Gasteiger partial charge on any atom is -0.277 e. The van der Waals surface area contributed by atoms with E-state index in [-0.39, 0.29) is 17.2 Å². The number of thioether (sulfide) groups is 1. The number of halogens is 1. The predicted molar refractivity (Wildman–Crippen MR) is 113 cm³/mol. The molecule has 2 N–H and O–H groups in total. The van der Waals surface area contributed by atoms with Gasteiger partial charge in [0.2, 0.25) is 11.9 Å². The van der Waals surface area contributed by atoms with Crippen LogP contribution in [0.4, 0.5) is 5.95 Å². The summed E-state index contributed by atoms with van der Waals surface area (Å²) in [5.74, 6) is 0.367. The lowest BCUT2D eigenvalue weighted by Crippen LogP contribution is -2.35. The van der Waals surface area contributed by atoms with Crippen LogP contribution in [0.15, 0.2) is 56.6 Å². The van der Waals surface area contributed by atoms with Gasteiger partial charge >= 0.3 is 0 Å². The first-order valence-corrected chi connectivity index (χ1v) is 10.2. The Morgan fingerprint density at radius 3 is 2.78 bits per heavy atom. The second-order valence-corrected chi connectivity index (χ2v) is 7.81. The molecule has 3 rings (SSSR count). The summed E-state index contributed by atoms with van der Waals surface area (Å²) in [6.07, 6.45) is 0. The van der Waals surface area contributed by atoms with Crippen LogP contribution in [0.1, 0.15) is 12.5 Å². The van der Waals surface area contributed by atoms with Crippen LogP contribution in [0.5, 0.6) is 0 Å². The topological polar surface area (TPSA) is 76.0 Å². The maximum Gasteiger partial charge on any atom is 0.262 e. The Morgan fingerprint density at radius 1 is 1.26 bits per heavy atom. The Morgan fingerprint density at radius 2 is 2.04 bits per heavy atom. The number of benzene rings is 2. The Bertz CT molecular complexity index is 1050. The summed E-state index contributed by atoms with van der Waals surface area (Å²) in [6, 6.07) is 13.1. The van der Waals surface area contributed by atoms with Gasteiger partial charge in [0.05, 0.1) is 16.7 Å². The largest absolute Gasteiger partial charge is 0.277 e. The number of aryl methyl sites for hydroxylation is 1. The van der Waals surface area contributed by atoms with E-state index in [2.05, 4.69) is 31.8 Å². The molecule has 0 unspecified atom stereocenters. The van der Waals surface area contributed by atoms with E-state index in [0.717, 1.165) is 14.9 Å². The van der Waals surface area contributed by atoms with Crippen molar-refractivity contribution in [2.24, 2.45) is 0 Å². The maximum atomic E-state index is 12.6. The Labute approximate surface area is 169 Å². The average Bonchev–Trinajstić information content (AvgIpc) is 2.66. The number of hydrogen-bond acceptors (Lipinski definition) is 5. The molecular weight excluding hydrogens is 428 g/mol. The molecule has 0 aliphatic rings. The number of hydrogen-bond donors (Lipinski definition) is 2. The molecule has 0 bridgehead atoms. The summed E-state index contributed by atoms with van der Waals surface area (Å²) in [6.45, 7) is 4.31. The first-order chi connectivity index (χ1) is 13.0. The molecule has 1 heterocycles. The number of nitrogens with one attached hydrogen (secondary N) is 2. The Balaban J connectivity index is 1.69. The van der Waals surface area contributed by atoms with Gasteiger partial charge in [-0.1, -0.05) is 28.1 Å². The van der Waals surface area contributed by atoms with Crippen molar-refractivity contribution in [3.8, 4) is 0 Å². The van der Waals surface area contributed by atoms with Crippen molar-refractivity contribution in [2.45, 2.75) is 25.3 Å². The van der Waals surface area contributed by atoms with Crippen LogP contribution in [0, 0.1) is 6.92 Å². The lowest BCUT2D eigenvalue weighted by Gasteiger charge is -2.14. The Kier molecular flexibility index (Phi) is 6.18. The number of fused-ring (bicyclic) bond motifs is 1. The van der Waals surface area contributed by atoms with E-state index in [1.54, 1.807) is 12.1 Å². The molecule has 1 amide bonds. The monoisotopic (exact) mass is 446 g/mol. The first kappa shape index (κ1) is 19.4. The lowest BCUT2D eigenvalue weighted by atomic mass is 10.2. The highest BCUT2D eigenvalue weighted by molar-refractivity contribution is 9.10. The van der Waals surface area contributed by atoms with Gasteiger partial charge in [-0.3, -0.25) is 25.0 Å². The molecule has 0 fully saturated rings. The number of amides is 1. The van der Waals surface area contributed by atoms with Crippen molar-refractivity contribution in [1.29, 1.82) is 0 Å². The van der Waals surface area contributed by atoms with E-state index in [1.807, 2.05) is 44.2 Å². The number of anilines is 1. The predicted octanol–water partition coefficient (Wildman–Crippen LogP) is 3.72. The van der Waals surface area contributed by atoms with Crippen molar-refractivity contribution >= 4 is 50.5 Å². The fourth-order valence-corrected chi connectivity index (χ4v) is 3.92. The number of carbonyl (C=O) groups excluding carboxylic acids is 1. The molecule has 0 radical (unpaired) electrons. The number of hydrazine groups is 1. The lowest BCUT2D eigenvalue weighted by molar-refractivity contribution is -0.118. The van der Waals surface area contributed by atoms with Crippen LogP contribution in [0.25, 0.3) is 10.9 Å². The fraction of sp³-hybridized carbons (Fsp3) is 0.211. The van der Waals surface area contributed by atoms with E-state index in [1.165, 1.54) is 16.3 Å². The van der Waals surface area contributed by atoms with E-state index >= 15 is 0 Å². The van der Waals surface area contributed by atoms with Gasteiger partial charge in [0.25, 0.3) is 5.56 Å². The third-order valence-electron chi connectivity index (χ3n) is 3.99. The highest BCUT2D eigenvalue weighted by atomic mass is 79.9. The van der Waals surface area contributed by atoms with Gasteiger partial charge in [0.15, 0.2) is 0 Å². The summed E-state index contributed by atoms with van der Waals surface area (Å²) in [4.78, 5) is 30.3. The molecule has 140 valence electrons. The van der Waals surface area contributed by atoms with Crippen molar-refractivity contribution < 1.29 is 4.79 Å². The van der Waals surface area contributed by atoms with Gasteiger partial charge in [0.1, 0.15) is 0 Å². The third-order valence-corrected chi connectivity index (χ3v) is 5.66. The molecule has 0 aliphatic heterocycles. The normalized spacial score (nSPS) is 10.8. The number of nitrogens with zero attached hydrogens (tertiary/aromatic N) is 2. The molecular formula is C19H19BrN4O2S. The molecule has 2 aromatic carbocycles.